The molecule has 6 fully saturated rings. The average Bonchev–Trinajstić information content (AvgIpc) is 3.66. The van der Waals surface area contributed by atoms with E-state index < -0.39 is 5.79 Å². The fraction of sp³-hybridized carbons (Fsp3) is 0.805. The summed E-state index contributed by atoms with van der Waals surface area (Å²) < 4.78 is 25.9. The molecule has 1 aromatic carbocycles. The number of ether oxygens (including phenoxy) is 4. The van der Waals surface area contributed by atoms with Crippen LogP contribution >= 0.6 is 0 Å². The maximum Gasteiger partial charge on any atom is 0.302 e. The van der Waals surface area contributed by atoms with Crippen LogP contribution in [0.3, 0.4) is 0 Å². The van der Waals surface area contributed by atoms with Gasteiger partial charge >= 0.3 is 11.9 Å². The maximum absolute atomic E-state index is 11.9. The first-order valence-electron chi connectivity index (χ1n) is 19.3. The summed E-state index contributed by atoms with van der Waals surface area (Å²) in [5.41, 5.74) is 4.85. The molecule has 6 heteroatoms. The molecule has 0 N–H and O–H groups in total. The Kier molecular flexibility index (Phi) is 6.89. The lowest BCUT2D eigenvalue weighted by atomic mass is 9.48. The average molecular weight is 645 g/mol. The molecular formula is C41H56O6. The molecule has 5 saturated carbocycles. The van der Waals surface area contributed by atoms with Crippen molar-refractivity contribution in [2.24, 2.45) is 45.8 Å². The second-order valence-electron chi connectivity index (χ2n) is 18.3. The molecule has 2 heterocycles. The zero-order valence-electron chi connectivity index (χ0n) is 29.4. The van der Waals surface area contributed by atoms with E-state index in [1.165, 1.54) is 49.7 Å². The Morgan fingerprint density at radius 2 is 1.34 bits per heavy atom. The Morgan fingerprint density at radius 3 is 2.04 bits per heavy atom. The van der Waals surface area contributed by atoms with Crippen molar-refractivity contribution in [3.63, 3.8) is 0 Å². The Bertz CT molecular complexity index is 1490. The second kappa shape index (κ2) is 10.5. The Hall–Kier alpha value is -2.08. The lowest BCUT2D eigenvalue weighted by molar-refractivity contribution is -0.290. The van der Waals surface area contributed by atoms with E-state index in [2.05, 4.69) is 32.9 Å². The third-order valence-electron chi connectivity index (χ3n) is 16.3. The number of carbonyl (C=O) groups is 2. The van der Waals surface area contributed by atoms with Crippen molar-refractivity contribution >= 4 is 11.9 Å². The highest BCUT2D eigenvalue weighted by atomic mass is 16.7. The first-order valence-corrected chi connectivity index (χ1v) is 19.3. The van der Waals surface area contributed by atoms with Gasteiger partial charge in [-0.2, -0.15) is 0 Å². The molecule has 47 heavy (non-hydrogen) atoms. The molecule has 1 saturated heterocycles. The van der Waals surface area contributed by atoms with Crippen molar-refractivity contribution in [1.82, 2.24) is 0 Å². The first kappa shape index (κ1) is 30.9. The van der Waals surface area contributed by atoms with Crippen molar-refractivity contribution in [2.45, 2.75) is 161 Å². The highest BCUT2D eigenvalue weighted by Gasteiger charge is 2.64. The van der Waals surface area contributed by atoms with E-state index in [4.69, 9.17) is 18.9 Å². The van der Waals surface area contributed by atoms with Gasteiger partial charge in [0.25, 0.3) is 0 Å². The molecule has 1 spiro atoms. The smallest absolute Gasteiger partial charge is 0.302 e. The van der Waals surface area contributed by atoms with Gasteiger partial charge in [-0.05, 0) is 142 Å². The highest BCUT2D eigenvalue weighted by Crippen LogP contribution is 2.67. The SMILES string of the molecule is CC(=O)O[C@H]1CCC2C3CCc4cc5c(cc4C3CC[C@@]21C)C[C@]1(CC[C@]2(C)C3CC[C@@]4(C)C(CC[C@@H]4OC(C)=O)C3CC[C@H]2O1)O5. The topological polar surface area (TPSA) is 71.1 Å². The Balaban J connectivity index is 0.914. The zero-order chi connectivity index (χ0) is 32.5. The van der Waals surface area contributed by atoms with Crippen LogP contribution in [0.25, 0.3) is 0 Å². The van der Waals surface area contributed by atoms with Crippen LogP contribution in [0.15, 0.2) is 12.1 Å². The van der Waals surface area contributed by atoms with Gasteiger partial charge in [-0.1, -0.05) is 26.8 Å². The number of esters is 2. The first-order chi connectivity index (χ1) is 22.4. The van der Waals surface area contributed by atoms with E-state index in [1.807, 2.05) is 0 Å². The molecule has 9 rings (SSSR count). The number of aryl methyl sites for hydroxylation is 1. The minimum Gasteiger partial charge on any atom is -0.462 e. The molecule has 6 nitrogen and oxygen atoms in total. The number of carbonyl (C=O) groups excluding carboxylic acids is 2. The monoisotopic (exact) mass is 644 g/mol. The van der Waals surface area contributed by atoms with Crippen molar-refractivity contribution in [3.8, 4) is 5.75 Å². The molecule has 8 aliphatic rings. The number of fused-ring (bicyclic) bond motifs is 11. The van der Waals surface area contributed by atoms with Crippen molar-refractivity contribution < 1.29 is 28.5 Å². The summed E-state index contributed by atoms with van der Waals surface area (Å²) in [5.74, 6) is 4.26. The van der Waals surface area contributed by atoms with E-state index in [-0.39, 0.29) is 46.5 Å². The van der Waals surface area contributed by atoms with Crippen molar-refractivity contribution in [2.75, 3.05) is 0 Å². The molecular weight excluding hydrogens is 588 g/mol. The number of rotatable bonds is 2. The van der Waals surface area contributed by atoms with Crippen LogP contribution in [-0.2, 0) is 36.6 Å². The van der Waals surface area contributed by atoms with Crippen LogP contribution in [0.2, 0.25) is 0 Å². The number of hydrogen-bond acceptors (Lipinski definition) is 6. The van der Waals surface area contributed by atoms with Crippen LogP contribution in [-0.4, -0.2) is 36.0 Å². The molecule has 6 unspecified atom stereocenters. The summed E-state index contributed by atoms with van der Waals surface area (Å²) >= 11 is 0. The lowest BCUT2D eigenvalue weighted by Crippen LogP contribution is -2.60. The molecule has 2 aliphatic heterocycles. The van der Waals surface area contributed by atoms with Crippen molar-refractivity contribution in [1.29, 1.82) is 0 Å². The maximum atomic E-state index is 11.9. The van der Waals surface area contributed by atoms with Gasteiger partial charge in [-0.25, -0.2) is 0 Å². The molecule has 0 radical (unpaired) electrons. The molecule has 0 aromatic heterocycles. The summed E-state index contributed by atoms with van der Waals surface area (Å²) in [6, 6.07) is 4.93. The van der Waals surface area contributed by atoms with Gasteiger partial charge in [0.1, 0.15) is 18.0 Å². The fourth-order valence-corrected chi connectivity index (χ4v) is 14.0. The van der Waals surface area contributed by atoms with Gasteiger partial charge in [0, 0.05) is 43.1 Å². The van der Waals surface area contributed by atoms with Crippen molar-refractivity contribution in [3.05, 3.63) is 28.8 Å². The third-order valence-corrected chi connectivity index (χ3v) is 16.3. The molecule has 0 bridgehead atoms. The van der Waals surface area contributed by atoms with E-state index in [1.54, 1.807) is 19.4 Å². The minimum absolute atomic E-state index is 0.0822. The summed E-state index contributed by atoms with van der Waals surface area (Å²) in [6.45, 7) is 10.5. The van der Waals surface area contributed by atoms with Gasteiger partial charge in [0.15, 0.2) is 0 Å². The fourth-order valence-electron chi connectivity index (χ4n) is 14.0. The summed E-state index contributed by atoms with van der Waals surface area (Å²) in [5, 5.41) is 0. The van der Waals surface area contributed by atoms with Gasteiger partial charge in [-0.3, -0.25) is 9.59 Å². The van der Waals surface area contributed by atoms with E-state index in [0.717, 1.165) is 63.5 Å². The normalized spacial score (nSPS) is 48.9. The molecule has 256 valence electrons. The predicted octanol–water partition coefficient (Wildman–Crippen LogP) is 8.46. The van der Waals surface area contributed by atoms with Crippen LogP contribution in [0, 0.1) is 45.8 Å². The van der Waals surface area contributed by atoms with Gasteiger partial charge in [0.05, 0.1) is 6.10 Å². The van der Waals surface area contributed by atoms with E-state index in [0.29, 0.717) is 35.5 Å². The summed E-state index contributed by atoms with van der Waals surface area (Å²) in [6.07, 6.45) is 17.2. The number of hydrogen-bond donors (Lipinski definition) is 0. The third kappa shape index (κ3) is 4.43. The molecule has 6 aliphatic carbocycles. The minimum atomic E-state index is -0.520. The standard InChI is InChI=1S/C41H56O6/c1-23(42)44-35-12-9-31-28-7-6-25-21-34-26(20-30(25)27(28)14-16-38(31,35)3)22-41(46-34)19-18-40(5)33-15-17-39(4)32(10-13-36(39)45-24(2)43)29(33)8-11-37(40)47-41/h20-21,27-29,31-33,35-37H,6-19,22H2,1-5H3/t27?,28?,29?,31?,32?,33?,35-,36-,37+,38-,39-,40+,41+/m0/s1. The summed E-state index contributed by atoms with van der Waals surface area (Å²) in [4.78, 5) is 23.8. The predicted molar refractivity (Wildman–Crippen MR) is 178 cm³/mol. The second-order valence-corrected chi connectivity index (χ2v) is 18.3. The van der Waals surface area contributed by atoms with E-state index in [9.17, 15) is 9.59 Å². The van der Waals surface area contributed by atoms with Gasteiger partial charge < -0.3 is 18.9 Å². The van der Waals surface area contributed by atoms with Gasteiger partial charge in [-0.15, -0.1) is 0 Å². The van der Waals surface area contributed by atoms with Crippen LogP contribution < -0.4 is 4.74 Å². The Morgan fingerprint density at radius 1 is 0.681 bits per heavy atom. The van der Waals surface area contributed by atoms with E-state index >= 15 is 0 Å². The quantitative estimate of drug-likeness (QED) is 0.301. The van der Waals surface area contributed by atoms with Crippen LogP contribution in [0.1, 0.15) is 141 Å². The van der Waals surface area contributed by atoms with Gasteiger partial charge in [0.2, 0.25) is 5.79 Å². The van der Waals surface area contributed by atoms with Crippen LogP contribution in [0.4, 0.5) is 0 Å². The summed E-state index contributed by atoms with van der Waals surface area (Å²) in [7, 11) is 0. The molecule has 13 atom stereocenters. The Labute approximate surface area is 281 Å². The number of benzene rings is 1. The van der Waals surface area contributed by atoms with Crippen LogP contribution in [0.5, 0.6) is 5.75 Å². The largest absolute Gasteiger partial charge is 0.462 e. The highest BCUT2D eigenvalue weighted by molar-refractivity contribution is 5.66. The molecule has 0 amide bonds. The lowest BCUT2D eigenvalue weighted by Gasteiger charge is -2.61. The molecule has 1 aromatic rings. The zero-order valence-corrected chi connectivity index (χ0v) is 29.4.